The molecule has 0 spiro atoms. The van der Waals surface area contributed by atoms with Gasteiger partial charge in [-0.05, 0) is 56.5 Å². The molecule has 122 valence electrons. The van der Waals surface area contributed by atoms with Crippen molar-refractivity contribution in [3.63, 3.8) is 0 Å². The number of likely N-dealkylation sites (tertiary alicyclic amines) is 1. The average Bonchev–Trinajstić information content (AvgIpc) is 2.57. The summed E-state index contributed by atoms with van der Waals surface area (Å²) < 4.78 is 5.62. The Bertz CT molecular complexity index is 468. The zero-order valence-electron chi connectivity index (χ0n) is 13.3. The number of benzene rings is 1. The second-order valence-electron chi connectivity index (χ2n) is 6.62. The molecule has 2 aliphatic heterocycles. The number of piperidine rings is 1. The molecule has 0 unspecified atom stereocenters. The number of nitrogens with one attached hydrogen (secondary N) is 1. The lowest BCUT2D eigenvalue weighted by Crippen LogP contribution is -2.59. The standard InChI is InChI=1S/C18H27ClN2O/c19-17-6-4-5-16(13-17)14-20-15-18(7-11-22-12-8-18)21-9-2-1-3-10-21/h4-6,13,20H,1-3,7-12,14-15H2. The normalized spacial score (nSPS) is 22.6. The zero-order valence-corrected chi connectivity index (χ0v) is 14.1. The van der Waals surface area contributed by atoms with Crippen LogP contribution in [0.1, 0.15) is 37.7 Å². The molecule has 4 heteroatoms. The van der Waals surface area contributed by atoms with Crippen LogP contribution in [0.25, 0.3) is 0 Å². The molecule has 3 rings (SSSR count). The highest BCUT2D eigenvalue weighted by Gasteiger charge is 2.38. The molecule has 0 atom stereocenters. The predicted octanol–water partition coefficient (Wildman–Crippen LogP) is 3.46. The van der Waals surface area contributed by atoms with Crippen molar-refractivity contribution >= 4 is 11.6 Å². The van der Waals surface area contributed by atoms with Crippen LogP contribution in [0.15, 0.2) is 24.3 Å². The van der Waals surface area contributed by atoms with Gasteiger partial charge in [0.25, 0.3) is 0 Å². The minimum Gasteiger partial charge on any atom is -0.381 e. The van der Waals surface area contributed by atoms with E-state index in [-0.39, 0.29) is 5.54 Å². The van der Waals surface area contributed by atoms with Gasteiger partial charge >= 0.3 is 0 Å². The van der Waals surface area contributed by atoms with Gasteiger partial charge in [0.05, 0.1) is 0 Å². The van der Waals surface area contributed by atoms with Gasteiger partial charge in [0.15, 0.2) is 0 Å². The SMILES string of the molecule is Clc1cccc(CNCC2(N3CCCCC3)CCOCC2)c1. The van der Waals surface area contributed by atoms with Gasteiger partial charge < -0.3 is 10.1 Å². The van der Waals surface area contributed by atoms with E-state index in [1.165, 1.54) is 37.9 Å². The first-order valence-electron chi connectivity index (χ1n) is 8.57. The Kier molecular flexibility index (Phi) is 5.75. The lowest BCUT2D eigenvalue weighted by Gasteiger charge is -2.48. The third kappa shape index (κ3) is 4.02. The fourth-order valence-electron chi connectivity index (χ4n) is 3.81. The lowest BCUT2D eigenvalue weighted by molar-refractivity contribution is -0.0358. The molecule has 1 aromatic rings. The minimum absolute atomic E-state index is 0.289. The van der Waals surface area contributed by atoms with E-state index in [9.17, 15) is 0 Å². The van der Waals surface area contributed by atoms with Crippen LogP contribution in [0.4, 0.5) is 0 Å². The molecule has 2 aliphatic rings. The van der Waals surface area contributed by atoms with E-state index in [1.807, 2.05) is 18.2 Å². The Morgan fingerprint density at radius 3 is 2.64 bits per heavy atom. The topological polar surface area (TPSA) is 24.5 Å². The predicted molar refractivity (Wildman–Crippen MR) is 91.4 cm³/mol. The molecule has 22 heavy (non-hydrogen) atoms. The summed E-state index contributed by atoms with van der Waals surface area (Å²) >= 11 is 6.07. The van der Waals surface area contributed by atoms with Crippen molar-refractivity contribution in [2.24, 2.45) is 0 Å². The number of rotatable bonds is 5. The quantitative estimate of drug-likeness (QED) is 0.898. The largest absolute Gasteiger partial charge is 0.381 e. The van der Waals surface area contributed by atoms with Crippen LogP contribution >= 0.6 is 11.6 Å². The van der Waals surface area contributed by atoms with Crippen molar-refractivity contribution in [1.29, 1.82) is 0 Å². The number of ether oxygens (including phenoxy) is 1. The maximum atomic E-state index is 6.07. The van der Waals surface area contributed by atoms with Gasteiger partial charge in [-0.15, -0.1) is 0 Å². The van der Waals surface area contributed by atoms with Crippen LogP contribution in [0.3, 0.4) is 0 Å². The van der Waals surface area contributed by atoms with Crippen molar-refractivity contribution in [1.82, 2.24) is 10.2 Å². The summed E-state index contributed by atoms with van der Waals surface area (Å²) in [5.74, 6) is 0. The van der Waals surface area contributed by atoms with E-state index >= 15 is 0 Å². The fourth-order valence-corrected chi connectivity index (χ4v) is 4.02. The van der Waals surface area contributed by atoms with Crippen LogP contribution in [-0.4, -0.2) is 43.3 Å². The van der Waals surface area contributed by atoms with Gasteiger partial charge in [-0.2, -0.15) is 0 Å². The Labute approximate surface area is 139 Å². The van der Waals surface area contributed by atoms with Gasteiger partial charge in [0.2, 0.25) is 0 Å². The summed E-state index contributed by atoms with van der Waals surface area (Å²) in [5, 5.41) is 4.50. The highest BCUT2D eigenvalue weighted by atomic mass is 35.5. The molecular weight excluding hydrogens is 296 g/mol. The molecule has 0 saturated carbocycles. The third-order valence-electron chi connectivity index (χ3n) is 5.12. The maximum Gasteiger partial charge on any atom is 0.0484 e. The molecule has 3 nitrogen and oxygen atoms in total. The van der Waals surface area contributed by atoms with E-state index in [0.717, 1.165) is 44.2 Å². The van der Waals surface area contributed by atoms with Crippen LogP contribution in [0.5, 0.6) is 0 Å². The first-order chi connectivity index (χ1) is 10.8. The van der Waals surface area contributed by atoms with Crippen molar-refractivity contribution < 1.29 is 4.74 Å². The first-order valence-corrected chi connectivity index (χ1v) is 8.94. The van der Waals surface area contributed by atoms with Crippen LogP contribution in [0, 0.1) is 0 Å². The van der Waals surface area contributed by atoms with Crippen molar-refractivity contribution in [3.8, 4) is 0 Å². The molecule has 0 bridgehead atoms. The Morgan fingerprint density at radius 1 is 1.14 bits per heavy atom. The van der Waals surface area contributed by atoms with E-state index in [2.05, 4.69) is 16.3 Å². The maximum absolute atomic E-state index is 6.07. The van der Waals surface area contributed by atoms with Crippen LogP contribution in [-0.2, 0) is 11.3 Å². The smallest absolute Gasteiger partial charge is 0.0484 e. The van der Waals surface area contributed by atoms with E-state index in [0.29, 0.717) is 0 Å². The molecule has 0 amide bonds. The lowest BCUT2D eigenvalue weighted by atomic mass is 9.86. The van der Waals surface area contributed by atoms with Crippen molar-refractivity contribution in [2.75, 3.05) is 32.8 Å². The third-order valence-corrected chi connectivity index (χ3v) is 5.36. The second kappa shape index (κ2) is 7.78. The first kappa shape index (κ1) is 16.3. The summed E-state index contributed by atoms with van der Waals surface area (Å²) in [5.41, 5.74) is 1.55. The summed E-state index contributed by atoms with van der Waals surface area (Å²) in [6.07, 6.45) is 6.37. The molecule has 0 aromatic heterocycles. The molecule has 1 aromatic carbocycles. The second-order valence-corrected chi connectivity index (χ2v) is 7.05. The van der Waals surface area contributed by atoms with Crippen molar-refractivity contribution in [3.05, 3.63) is 34.9 Å². The van der Waals surface area contributed by atoms with Crippen LogP contribution in [0.2, 0.25) is 5.02 Å². The van der Waals surface area contributed by atoms with E-state index in [4.69, 9.17) is 16.3 Å². The van der Waals surface area contributed by atoms with Crippen LogP contribution < -0.4 is 5.32 Å². The molecule has 2 heterocycles. The van der Waals surface area contributed by atoms with Gasteiger partial charge in [0.1, 0.15) is 0 Å². The van der Waals surface area contributed by atoms with Gasteiger partial charge in [-0.3, -0.25) is 4.90 Å². The Hall–Kier alpha value is -0.610. The molecule has 2 saturated heterocycles. The van der Waals surface area contributed by atoms with E-state index in [1.54, 1.807) is 0 Å². The summed E-state index contributed by atoms with van der Waals surface area (Å²) in [6.45, 7) is 6.22. The highest BCUT2D eigenvalue weighted by Crippen LogP contribution is 2.30. The fraction of sp³-hybridized carbons (Fsp3) is 0.667. The highest BCUT2D eigenvalue weighted by molar-refractivity contribution is 6.30. The number of hydrogen-bond acceptors (Lipinski definition) is 3. The molecule has 0 aliphatic carbocycles. The summed E-state index contributed by atoms with van der Waals surface area (Å²) in [7, 11) is 0. The van der Waals surface area contributed by atoms with E-state index < -0.39 is 0 Å². The van der Waals surface area contributed by atoms with Gasteiger partial charge in [-0.1, -0.05) is 30.2 Å². The zero-order chi connectivity index (χ0) is 15.3. The molecule has 0 radical (unpaired) electrons. The van der Waals surface area contributed by atoms with Gasteiger partial charge in [-0.25, -0.2) is 0 Å². The summed E-state index contributed by atoms with van der Waals surface area (Å²) in [6, 6.07) is 8.13. The number of nitrogens with zero attached hydrogens (tertiary/aromatic N) is 1. The van der Waals surface area contributed by atoms with Gasteiger partial charge in [0, 0.05) is 36.9 Å². The average molecular weight is 323 g/mol. The minimum atomic E-state index is 0.289. The molecule has 2 fully saturated rings. The number of hydrogen-bond donors (Lipinski definition) is 1. The molecule has 1 N–H and O–H groups in total. The number of halogens is 1. The molecular formula is C18H27ClN2O. The summed E-state index contributed by atoms with van der Waals surface area (Å²) in [4.78, 5) is 2.73. The monoisotopic (exact) mass is 322 g/mol. The Morgan fingerprint density at radius 2 is 1.91 bits per heavy atom. The Balaban J connectivity index is 1.60. The van der Waals surface area contributed by atoms with Crippen molar-refractivity contribution in [2.45, 2.75) is 44.2 Å².